The quantitative estimate of drug-likeness (QED) is 0.713. The molecular formula is C13H9Cl2FO. The highest BCUT2D eigenvalue weighted by atomic mass is 35.5. The molecule has 0 atom stereocenters. The molecule has 0 fully saturated rings. The molecular weight excluding hydrogens is 262 g/mol. The van der Waals surface area contributed by atoms with E-state index in [1.54, 1.807) is 12.1 Å². The predicted octanol–water partition coefficient (Wildman–Crippen LogP) is 5.01. The van der Waals surface area contributed by atoms with Crippen LogP contribution in [-0.2, 0) is 5.88 Å². The molecule has 4 heteroatoms. The molecule has 0 heterocycles. The largest absolute Gasteiger partial charge is 0.456 e. The predicted molar refractivity (Wildman–Crippen MR) is 67.5 cm³/mol. The van der Waals surface area contributed by atoms with Crippen molar-refractivity contribution in [2.75, 3.05) is 0 Å². The highest BCUT2D eigenvalue weighted by Crippen LogP contribution is 2.29. The normalized spacial score (nSPS) is 10.3. The Kier molecular flexibility index (Phi) is 3.87. The lowest BCUT2D eigenvalue weighted by atomic mass is 10.2. The van der Waals surface area contributed by atoms with E-state index in [0.717, 1.165) is 5.56 Å². The number of benzene rings is 2. The summed E-state index contributed by atoms with van der Waals surface area (Å²) in [6, 6.07) is 11.3. The summed E-state index contributed by atoms with van der Waals surface area (Å²) in [6.07, 6.45) is 0. The average molecular weight is 271 g/mol. The van der Waals surface area contributed by atoms with Crippen molar-refractivity contribution in [3.05, 3.63) is 58.9 Å². The van der Waals surface area contributed by atoms with Gasteiger partial charge in [-0.15, -0.1) is 11.6 Å². The SMILES string of the molecule is Fc1ccc(Oc2ccc(CCl)cc2)c(Cl)c1. The van der Waals surface area contributed by atoms with Gasteiger partial charge in [-0.1, -0.05) is 23.7 Å². The van der Waals surface area contributed by atoms with Gasteiger partial charge in [-0.05, 0) is 35.9 Å². The number of alkyl halides is 1. The molecule has 0 aliphatic rings. The van der Waals surface area contributed by atoms with Crippen LogP contribution in [0.15, 0.2) is 42.5 Å². The van der Waals surface area contributed by atoms with Crippen LogP contribution >= 0.6 is 23.2 Å². The van der Waals surface area contributed by atoms with Crippen LogP contribution in [0, 0.1) is 5.82 Å². The van der Waals surface area contributed by atoms with Crippen molar-refractivity contribution in [3.8, 4) is 11.5 Å². The van der Waals surface area contributed by atoms with Gasteiger partial charge in [0.25, 0.3) is 0 Å². The van der Waals surface area contributed by atoms with E-state index in [2.05, 4.69) is 0 Å². The molecule has 0 amide bonds. The van der Waals surface area contributed by atoms with E-state index in [-0.39, 0.29) is 10.8 Å². The van der Waals surface area contributed by atoms with Crippen molar-refractivity contribution in [1.82, 2.24) is 0 Å². The third-order valence-corrected chi connectivity index (χ3v) is 2.80. The fourth-order valence-corrected chi connectivity index (χ4v) is 1.72. The first-order chi connectivity index (χ1) is 8.19. The van der Waals surface area contributed by atoms with Gasteiger partial charge in [0.1, 0.15) is 17.3 Å². The van der Waals surface area contributed by atoms with Crippen LogP contribution in [0.4, 0.5) is 4.39 Å². The van der Waals surface area contributed by atoms with Crippen LogP contribution in [-0.4, -0.2) is 0 Å². The minimum Gasteiger partial charge on any atom is -0.456 e. The van der Waals surface area contributed by atoms with E-state index in [1.807, 2.05) is 12.1 Å². The summed E-state index contributed by atoms with van der Waals surface area (Å²) in [4.78, 5) is 0. The summed E-state index contributed by atoms with van der Waals surface area (Å²) < 4.78 is 18.4. The summed E-state index contributed by atoms with van der Waals surface area (Å²) in [5.74, 6) is 1.12. The molecule has 2 rings (SSSR count). The molecule has 0 N–H and O–H groups in total. The zero-order valence-corrected chi connectivity index (χ0v) is 10.3. The van der Waals surface area contributed by atoms with Gasteiger partial charge in [0, 0.05) is 5.88 Å². The molecule has 0 saturated heterocycles. The van der Waals surface area contributed by atoms with Gasteiger partial charge in [-0.2, -0.15) is 0 Å². The number of hydrogen-bond donors (Lipinski definition) is 0. The summed E-state index contributed by atoms with van der Waals surface area (Å²) >= 11 is 11.5. The van der Waals surface area contributed by atoms with Crippen molar-refractivity contribution >= 4 is 23.2 Å². The molecule has 17 heavy (non-hydrogen) atoms. The topological polar surface area (TPSA) is 9.23 Å². The molecule has 0 bridgehead atoms. The van der Waals surface area contributed by atoms with E-state index in [4.69, 9.17) is 27.9 Å². The fourth-order valence-electron chi connectivity index (χ4n) is 1.33. The number of rotatable bonds is 3. The number of ether oxygens (including phenoxy) is 1. The van der Waals surface area contributed by atoms with Crippen LogP contribution in [0.2, 0.25) is 5.02 Å². The first-order valence-electron chi connectivity index (χ1n) is 4.97. The molecule has 0 saturated carbocycles. The molecule has 0 aliphatic carbocycles. The maximum absolute atomic E-state index is 12.8. The Morgan fingerprint density at radius 2 is 1.76 bits per heavy atom. The molecule has 0 aliphatic heterocycles. The second-order valence-corrected chi connectivity index (χ2v) is 4.13. The first kappa shape index (κ1) is 12.2. The highest BCUT2D eigenvalue weighted by molar-refractivity contribution is 6.32. The van der Waals surface area contributed by atoms with Crippen LogP contribution < -0.4 is 4.74 Å². The van der Waals surface area contributed by atoms with Crippen molar-refractivity contribution in [2.45, 2.75) is 5.88 Å². The smallest absolute Gasteiger partial charge is 0.146 e. The zero-order valence-electron chi connectivity index (χ0n) is 8.79. The number of halogens is 3. The summed E-state index contributed by atoms with van der Waals surface area (Å²) in [5, 5.41) is 0.242. The summed E-state index contributed by atoms with van der Waals surface area (Å²) in [7, 11) is 0. The maximum atomic E-state index is 12.8. The minimum atomic E-state index is -0.389. The molecule has 0 unspecified atom stereocenters. The van der Waals surface area contributed by atoms with Gasteiger partial charge < -0.3 is 4.74 Å². The van der Waals surface area contributed by atoms with E-state index in [0.29, 0.717) is 17.4 Å². The van der Waals surface area contributed by atoms with E-state index < -0.39 is 0 Å². The molecule has 1 nitrogen and oxygen atoms in total. The molecule has 0 aromatic heterocycles. The van der Waals surface area contributed by atoms with Crippen LogP contribution in [0.3, 0.4) is 0 Å². The first-order valence-corrected chi connectivity index (χ1v) is 5.88. The Balaban J connectivity index is 2.19. The van der Waals surface area contributed by atoms with Crippen LogP contribution in [0.25, 0.3) is 0 Å². The average Bonchev–Trinajstić information content (AvgIpc) is 2.34. The Morgan fingerprint density at radius 3 is 2.35 bits per heavy atom. The highest BCUT2D eigenvalue weighted by Gasteiger charge is 2.04. The van der Waals surface area contributed by atoms with E-state index in [1.165, 1.54) is 18.2 Å². The molecule has 0 radical (unpaired) electrons. The van der Waals surface area contributed by atoms with Crippen LogP contribution in [0.1, 0.15) is 5.56 Å². The van der Waals surface area contributed by atoms with Gasteiger partial charge in [-0.3, -0.25) is 0 Å². The monoisotopic (exact) mass is 270 g/mol. The maximum Gasteiger partial charge on any atom is 0.146 e. The Bertz CT molecular complexity index is 511. The lowest BCUT2D eigenvalue weighted by Gasteiger charge is -2.07. The Hall–Kier alpha value is -1.25. The Morgan fingerprint density at radius 1 is 1.06 bits per heavy atom. The lowest BCUT2D eigenvalue weighted by Crippen LogP contribution is -1.87. The fraction of sp³-hybridized carbons (Fsp3) is 0.0769. The van der Waals surface area contributed by atoms with Crippen molar-refractivity contribution < 1.29 is 9.13 Å². The van der Waals surface area contributed by atoms with Gasteiger partial charge in [0.2, 0.25) is 0 Å². The number of hydrogen-bond acceptors (Lipinski definition) is 1. The van der Waals surface area contributed by atoms with Crippen molar-refractivity contribution in [3.63, 3.8) is 0 Å². The standard InChI is InChI=1S/C13H9Cl2FO/c14-8-9-1-4-11(5-2-9)17-13-6-3-10(16)7-12(13)15/h1-7H,8H2. The van der Waals surface area contributed by atoms with Gasteiger partial charge in [0.15, 0.2) is 0 Å². The van der Waals surface area contributed by atoms with E-state index in [9.17, 15) is 4.39 Å². The van der Waals surface area contributed by atoms with Gasteiger partial charge in [-0.25, -0.2) is 4.39 Å². The second kappa shape index (κ2) is 5.39. The van der Waals surface area contributed by atoms with E-state index >= 15 is 0 Å². The van der Waals surface area contributed by atoms with Crippen LogP contribution in [0.5, 0.6) is 11.5 Å². The lowest BCUT2D eigenvalue weighted by molar-refractivity contribution is 0.480. The Labute approximate surface area is 109 Å². The second-order valence-electron chi connectivity index (χ2n) is 3.45. The van der Waals surface area contributed by atoms with Crippen molar-refractivity contribution in [1.29, 1.82) is 0 Å². The third-order valence-electron chi connectivity index (χ3n) is 2.20. The third kappa shape index (κ3) is 3.11. The van der Waals surface area contributed by atoms with Gasteiger partial charge >= 0.3 is 0 Å². The van der Waals surface area contributed by atoms with Crippen molar-refractivity contribution in [2.24, 2.45) is 0 Å². The molecule has 0 spiro atoms. The summed E-state index contributed by atoms with van der Waals surface area (Å²) in [5.41, 5.74) is 1.00. The summed E-state index contributed by atoms with van der Waals surface area (Å²) in [6.45, 7) is 0. The van der Waals surface area contributed by atoms with Gasteiger partial charge in [0.05, 0.1) is 5.02 Å². The zero-order chi connectivity index (χ0) is 12.3. The minimum absolute atomic E-state index is 0.242. The molecule has 2 aromatic rings. The molecule has 2 aromatic carbocycles. The molecule has 88 valence electrons.